The number of rotatable bonds is 4. The molecule has 0 saturated heterocycles. The number of hydrogen-bond acceptors (Lipinski definition) is 5. The van der Waals surface area contributed by atoms with Gasteiger partial charge in [0.15, 0.2) is 0 Å². The van der Waals surface area contributed by atoms with Crippen molar-refractivity contribution in [2.45, 2.75) is 6.10 Å². The first-order valence-corrected chi connectivity index (χ1v) is 7.22. The van der Waals surface area contributed by atoms with Crippen molar-refractivity contribution in [3.8, 4) is 17.2 Å². The molecule has 2 amide bonds. The molecule has 0 spiro atoms. The number of fused-ring (bicyclic) bond motifs is 1. The second kappa shape index (κ2) is 6.49. The lowest BCUT2D eigenvalue weighted by atomic mass is 10.2. The highest BCUT2D eigenvalue weighted by atomic mass is 16.5. The van der Waals surface area contributed by atoms with Crippen LogP contribution in [0.15, 0.2) is 42.5 Å². The van der Waals surface area contributed by atoms with Gasteiger partial charge in [0.2, 0.25) is 0 Å². The topological polar surface area (TPSA) is 85.9 Å². The zero-order valence-electron chi connectivity index (χ0n) is 13.2. The van der Waals surface area contributed by atoms with Gasteiger partial charge in [-0.2, -0.15) is 0 Å². The Labute approximate surface area is 138 Å². The first-order valence-electron chi connectivity index (χ1n) is 7.22. The lowest BCUT2D eigenvalue weighted by Gasteiger charge is -2.25. The number of methoxy groups -OCH3 is 2. The van der Waals surface area contributed by atoms with Gasteiger partial charge >= 0.3 is 0 Å². The summed E-state index contributed by atoms with van der Waals surface area (Å²) in [5, 5.41) is 5.28. The Morgan fingerprint density at radius 1 is 1.17 bits per heavy atom. The average Bonchev–Trinajstić information content (AvgIpc) is 2.60. The Hall–Kier alpha value is -3.22. The molecule has 0 fully saturated rings. The molecule has 2 aromatic rings. The number of anilines is 2. The summed E-state index contributed by atoms with van der Waals surface area (Å²) in [6, 6.07) is 11.9. The van der Waals surface area contributed by atoms with E-state index in [0.717, 1.165) is 0 Å². The lowest BCUT2D eigenvalue weighted by molar-refractivity contribution is -0.133. The van der Waals surface area contributed by atoms with E-state index in [0.29, 0.717) is 28.6 Å². The summed E-state index contributed by atoms with van der Waals surface area (Å²) < 4.78 is 15.8. The van der Waals surface area contributed by atoms with Crippen LogP contribution in [0.1, 0.15) is 0 Å². The summed E-state index contributed by atoms with van der Waals surface area (Å²) in [6.45, 7) is 0. The predicted octanol–water partition coefficient (Wildman–Crippen LogP) is 2.04. The van der Waals surface area contributed by atoms with Gasteiger partial charge in [-0.1, -0.05) is 12.1 Å². The van der Waals surface area contributed by atoms with Crippen molar-refractivity contribution in [2.24, 2.45) is 0 Å². The van der Waals surface area contributed by atoms with E-state index in [2.05, 4.69) is 10.6 Å². The van der Waals surface area contributed by atoms with Crippen LogP contribution < -0.4 is 24.8 Å². The van der Waals surface area contributed by atoms with Crippen molar-refractivity contribution >= 4 is 23.2 Å². The molecule has 1 aliphatic heterocycles. The Kier molecular flexibility index (Phi) is 4.24. The average molecular weight is 328 g/mol. The van der Waals surface area contributed by atoms with Crippen LogP contribution in [0.4, 0.5) is 11.4 Å². The number of carbonyl (C=O) groups is 2. The van der Waals surface area contributed by atoms with Gasteiger partial charge in [-0.15, -0.1) is 0 Å². The summed E-state index contributed by atoms with van der Waals surface area (Å²) >= 11 is 0. The van der Waals surface area contributed by atoms with Gasteiger partial charge in [0.05, 0.1) is 25.6 Å². The van der Waals surface area contributed by atoms with Gasteiger partial charge in [0.25, 0.3) is 17.9 Å². The smallest absolute Gasteiger partial charge is 0.275 e. The van der Waals surface area contributed by atoms with Crippen molar-refractivity contribution in [1.82, 2.24) is 0 Å². The molecule has 0 bridgehead atoms. The van der Waals surface area contributed by atoms with Crippen molar-refractivity contribution in [1.29, 1.82) is 0 Å². The van der Waals surface area contributed by atoms with E-state index in [9.17, 15) is 9.59 Å². The molecule has 0 radical (unpaired) electrons. The van der Waals surface area contributed by atoms with E-state index in [1.54, 1.807) is 42.5 Å². The molecule has 1 unspecified atom stereocenters. The van der Waals surface area contributed by atoms with Gasteiger partial charge in [-0.05, 0) is 24.3 Å². The quantitative estimate of drug-likeness (QED) is 0.839. The summed E-state index contributed by atoms with van der Waals surface area (Å²) in [6.07, 6.45) is -1.30. The van der Waals surface area contributed by atoms with Crippen LogP contribution >= 0.6 is 0 Å². The predicted molar refractivity (Wildman–Crippen MR) is 87.7 cm³/mol. The van der Waals surface area contributed by atoms with Crippen molar-refractivity contribution in [2.75, 3.05) is 24.9 Å². The van der Waals surface area contributed by atoms with E-state index < -0.39 is 17.9 Å². The van der Waals surface area contributed by atoms with E-state index in [1.807, 2.05) is 0 Å². The number of para-hydroxylation sites is 2. The molecule has 7 nitrogen and oxygen atoms in total. The summed E-state index contributed by atoms with van der Waals surface area (Å²) in [5.41, 5.74) is 0.919. The van der Waals surface area contributed by atoms with Crippen LogP contribution in [0.3, 0.4) is 0 Å². The normalized spacial score (nSPS) is 15.6. The Morgan fingerprint density at radius 2 is 1.96 bits per heavy atom. The van der Waals surface area contributed by atoms with Crippen molar-refractivity contribution < 1.29 is 23.8 Å². The highest BCUT2D eigenvalue weighted by molar-refractivity contribution is 6.15. The highest BCUT2D eigenvalue weighted by Gasteiger charge is 2.34. The minimum absolute atomic E-state index is 0.386. The molecule has 24 heavy (non-hydrogen) atoms. The van der Waals surface area contributed by atoms with Gasteiger partial charge in [0, 0.05) is 6.07 Å². The van der Waals surface area contributed by atoms with Gasteiger partial charge < -0.3 is 24.8 Å². The first kappa shape index (κ1) is 15.7. The van der Waals surface area contributed by atoms with E-state index in [4.69, 9.17) is 14.2 Å². The summed E-state index contributed by atoms with van der Waals surface area (Å²) in [7, 11) is 3.00. The standard InChI is InChI=1S/C17H16N2O5/c1-22-10-7-8-13(23-2)12(9-10)19-17(21)15-16(20)18-11-5-3-4-6-14(11)24-15/h3-9,15H,1-2H3,(H,18,20)(H,19,21). The molecule has 0 aromatic heterocycles. The van der Waals surface area contributed by atoms with Gasteiger partial charge in [-0.3, -0.25) is 9.59 Å². The zero-order chi connectivity index (χ0) is 17.1. The molecule has 1 atom stereocenters. The molecule has 1 heterocycles. The number of ether oxygens (including phenoxy) is 3. The van der Waals surface area contributed by atoms with Crippen molar-refractivity contribution in [3.05, 3.63) is 42.5 Å². The number of carbonyl (C=O) groups excluding carboxylic acids is 2. The van der Waals surface area contributed by atoms with Crippen LogP contribution in [0.25, 0.3) is 0 Å². The number of hydrogen-bond donors (Lipinski definition) is 2. The first-order chi connectivity index (χ1) is 11.6. The summed E-state index contributed by atoms with van der Waals surface area (Å²) in [5.74, 6) is 0.294. The molecule has 2 N–H and O–H groups in total. The molecule has 124 valence electrons. The Morgan fingerprint density at radius 3 is 2.71 bits per heavy atom. The maximum absolute atomic E-state index is 12.5. The van der Waals surface area contributed by atoms with Crippen LogP contribution in [-0.4, -0.2) is 32.1 Å². The number of benzene rings is 2. The van der Waals surface area contributed by atoms with Gasteiger partial charge in [-0.25, -0.2) is 0 Å². The largest absolute Gasteiger partial charge is 0.497 e. The maximum Gasteiger partial charge on any atom is 0.275 e. The van der Waals surface area contributed by atoms with Crippen LogP contribution in [0, 0.1) is 0 Å². The van der Waals surface area contributed by atoms with Crippen molar-refractivity contribution in [3.63, 3.8) is 0 Å². The third kappa shape index (κ3) is 2.96. The Bertz CT molecular complexity index is 790. The highest BCUT2D eigenvalue weighted by Crippen LogP contribution is 2.31. The van der Waals surface area contributed by atoms with Gasteiger partial charge in [0.1, 0.15) is 17.2 Å². The second-order valence-corrected chi connectivity index (χ2v) is 5.04. The monoisotopic (exact) mass is 328 g/mol. The van der Waals surface area contributed by atoms with Crippen LogP contribution in [0.5, 0.6) is 17.2 Å². The fourth-order valence-electron chi connectivity index (χ4n) is 2.33. The lowest BCUT2D eigenvalue weighted by Crippen LogP contribution is -2.45. The molecule has 1 aliphatic rings. The molecule has 7 heteroatoms. The molecular formula is C17H16N2O5. The Balaban J connectivity index is 1.82. The maximum atomic E-state index is 12.5. The minimum atomic E-state index is -1.30. The fourth-order valence-corrected chi connectivity index (χ4v) is 2.33. The molecule has 0 saturated carbocycles. The molecule has 2 aromatic carbocycles. The SMILES string of the molecule is COc1ccc(OC)c(NC(=O)C2Oc3ccccc3NC2=O)c1. The van der Waals surface area contributed by atoms with Crippen LogP contribution in [0.2, 0.25) is 0 Å². The zero-order valence-corrected chi connectivity index (χ0v) is 13.2. The molecular weight excluding hydrogens is 312 g/mol. The molecule has 3 rings (SSSR count). The number of amides is 2. The van der Waals surface area contributed by atoms with E-state index in [1.165, 1.54) is 14.2 Å². The molecule has 0 aliphatic carbocycles. The second-order valence-electron chi connectivity index (χ2n) is 5.04. The third-order valence-electron chi connectivity index (χ3n) is 3.53. The fraction of sp³-hybridized carbons (Fsp3) is 0.176. The van der Waals surface area contributed by atoms with E-state index >= 15 is 0 Å². The number of nitrogens with one attached hydrogen (secondary N) is 2. The van der Waals surface area contributed by atoms with Crippen LogP contribution in [-0.2, 0) is 9.59 Å². The summed E-state index contributed by atoms with van der Waals surface area (Å²) in [4.78, 5) is 24.6. The minimum Gasteiger partial charge on any atom is -0.497 e. The third-order valence-corrected chi connectivity index (χ3v) is 3.53. The van der Waals surface area contributed by atoms with E-state index in [-0.39, 0.29) is 0 Å².